The van der Waals surface area contributed by atoms with Gasteiger partial charge in [0.25, 0.3) is 0 Å². The lowest BCUT2D eigenvalue weighted by Gasteiger charge is -2.16. The molecule has 92 valence electrons. The van der Waals surface area contributed by atoms with E-state index in [4.69, 9.17) is 5.73 Å². The summed E-state index contributed by atoms with van der Waals surface area (Å²) in [5, 5.41) is 2.61. The van der Waals surface area contributed by atoms with Gasteiger partial charge < -0.3 is 15.8 Å². The molecular formula is C11H20N2O3. The van der Waals surface area contributed by atoms with E-state index in [1.165, 1.54) is 7.11 Å². The maximum atomic E-state index is 11.6. The fraction of sp³-hybridized carbons (Fsp3) is 0.818. The highest BCUT2D eigenvalue weighted by Gasteiger charge is 2.27. The van der Waals surface area contributed by atoms with Crippen LogP contribution in [0.4, 0.5) is 0 Å². The van der Waals surface area contributed by atoms with Crippen molar-refractivity contribution in [2.24, 2.45) is 11.7 Å². The molecule has 3 N–H and O–H groups in total. The first-order valence-corrected chi connectivity index (χ1v) is 5.67. The molecule has 0 aromatic rings. The highest BCUT2D eigenvalue weighted by molar-refractivity contribution is 5.84. The third-order valence-corrected chi connectivity index (χ3v) is 3.10. The minimum Gasteiger partial charge on any atom is -0.467 e. The number of ether oxygens (including phenoxy) is 1. The molecule has 0 aromatic heterocycles. The molecule has 1 rings (SSSR count). The quantitative estimate of drug-likeness (QED) is 0.673. The average molecular weight is 228 g/mol. The molecular weight excluding hydrogens is 208 g/mol. The molecule has 1 saturated carbocycles. The third-order valence-electron chi connectivity index (χ3n) is 3.10. The summed E-state index contributed by atoms with van der Waals surface area (Å²) in [6, 6.07) is -0.464. The zero-order chi connectivity index (χ0) is 12.1. The van der Waals surface area contributed by atoms with Crippen LogP contribution in [0.25, 0.3) is 0 Å². The maximum Gasteiger partial charge on any atom is 0.328 e. The number of carbonyl (C=O) groups is 2. The fourth-order valence-corrected chi connectivity index (χ4v) is 2.09. The van der Waals surface area contributed by atoms with Gasteiger partial charge in [-0.15, -0.1) is 0 Å². The molecule has 1 amide bonds. The molecule has 0 unspecified atom stereocenters. The van der Waals surface area contributed by atoms with Gasteiger partial charge in [0, 0.05) is 12.5 Å². The largest absolute Gasteiger partial charge is 0.467 e. The standard InChI is InChI=1S/C11H20N2O3/c1-7(11(15)16-2)13-10(14)6-8-4-3-5-9(8)12/h7-9H,3-6,12H2,1-2H3,(H,13,14)/t7-,8+,9-/m1/s1. The molecule has 1 fully saturated rings. The van der Waals surface area contributed by atoms with E-state index < -0.39 is 12.0 Å². The molecule has 5 heteroatoms. The van der Waals surface area contributed by atoms with Crippen molar-refractivity contribution in [1.29, 1.82) is 0 Å². The average Bonchev–Trinajstić information content (AvgIpc) is 2.63. The maximum absolute atomic E-state index is 11.6. The molecule has 16 heavy (non-hydrogen) atoms. The highest BCUT2D eigenvalue weighted by Crippen LogP contribution is 2.26. The first kappa shape index (κ1) is 13.0. The number of rotatable bonds is 4. The topological polar surface area (TPSA) is 81.4 Å². The Labute approximate surface area is 95.7 Å². The minimum atomic E-state index is -0.588. The van der Waals surface area contributed by atoms with Gasteiger partial charge in [0.2, 0.25) is 5.91 Å². The Morgan fingerprint density at radius 3 is 2.69 bits per heavy atom. The molecule has 0 aliphatic heterocycles. The predicted molar refractivity (Wildman–Crippen MR) is 59.6 cm³/mol. The van der Waals surface area contributed by atoms with E-state index in [0.717, 1.165) is 19.3 Å². The molecule has 0 radical (unpaired) electrons. The van der Waals surface area contributed by atoms with Crippen molar-refractivity contribution in [2.75, 3.05) is 7.11 Å². The number of esters is 1. The number of nitrogens with two attached hydrogens (primary N) is 1. The second-order valence-corrected chi connectivity index (χ2v) is 4.37. The second kappa shape index (κ2) is 5.84. The Morgan fingerprint density at radius 2 is 2.19 bits per heavy atom. The summed E-state index contributed by atoms with van der Waals surface area (Å²) < 4.78 is 4.53. The number of carbonyl (C=O) groups excluding carboxylic acids is 2. The van der Waals surface area contributed by atoms with Crippen molar-refractivity contribution < 1.29 is 14.3 Å². The zero-order valence-electron chi connectivity index (χ0n) is 9.86. The summed E-state index contributed by atoms with van der Waals surface area (Å²) in [5.41, 5.74) is 5.87. The highest BCUT2D eigenvalue weighted by atomic mass is 16.5. The minimum absolute atomic E-state index is 0.124. The van der Waals surface area contributed by atoms with Gasteiger partial charge >= 0.3 is 5.97 Å². The Kier molecular flexibility index (Phi) is 4.73. The molecule has 0 saturated heterocycles. The summed E-state index contributed by atoms with van der Waals surface area (Å²) in [4.78, 5) is 22.7. The van der Waals surface area contributed by atoms with Crippen LogP contribution in [0.3, 0.4) is 0 Å². The Balaban J connectivity index is 2.32. The zero-order valence-corrected chi connectivity index (χ0v) is 9.86. The number of hydrogen-bond donors (Lipinski definition) is 2. The summed E-state index contributed by atoms with van der Waals surface area (Å²) in [5.74, 6) is -0.297. The van der Waals surface area contributed by atoms with Crippen LogP contribution in [-0.4, -0.2) is 31.1 Å². The van der Waals surface area contributed by atoms with E-state index in [2.05, 4.69) is 10.1 Å². The Hall–Kier alpha value is -1.10. The lowest BCUT2D eigenvalue weighted by atomic mass is 10.00. The monoisotopic (exact) mass is 228 g/mol. The van der Waals surface area contributed by atoms with Gasteiger partial charge in [-0.05, 0) is 25.7 Å². The van der Waals surface area contributed by atoms with Crippen LogP contribution in [0.5, 0.6) is 0 Å². The van der Waals surface area contributed by atoms with Gasteiger partial charge in [0.05, 0.1) is 7.11 Å². The van der Waals surface area contributed by atoms with Crippen molar-refractivity contribution in [1.82, 2.24) is 5.32 Å². The molecule has 0 bridgehead atoms. The van der Waals surface area contributed by atoms with Gasteiger partial charge in [0.1, 0.15) is 6.04 Å². The summed E-state index contributed by atoms with van der Waals surface area (Å²) in [6.45, 7) is 1.61. The molecule has 5 nitrogen and oxygen atoms in total. The lowest BCUT2D eigenvalue weighted by molar-refractivity contribution is -0.144. The first-order valence-electron chi connectivity index (χ1n) is 5.67. The number of hydrogen-bond acceptors (Lipinski definition) is 4. The van der Waals surface area contributed by atoms with Crippen molar-refractivity contribution in [3.8, 4) is 0 Å². The van der Waals surface area contributed by atoms with Crippen LogP contribution in [0.15, 0.2) is 0 Å². The summed E-state index contributed by atoms with van der Waals surface area (Å²) in [6.07, 6.45) is 3.49. The van der Waals surface area contributed by atoms with E-state index in [0.29, 0.717) is 6.42 Å². The number of nitrogens with one attached hydrogen (secondary N) is 1. The van der Waals surface area contributed by atoms with Crippen LogP contribution in [-0.2, 0) is 14.3 Å². The molecule has 1 aliphatic carbocycles. The molecule has 1 aliphatic rings. The van der Waals surface area contributed by atoms with E-state index in [1.54, 1.807) is 6.92 Å². The van der Waals surface area contributed by atoms with E-state index in [1.807, 2.05) is 0 Å². The summed E-state index contributed by atoms with van der Waals surface area (Å²) in [7, 11) is 1.30. The molecule has 3 atom stereocenters. The van der Waals surface area contributed by atoms with Crippen LogP contribution in [0.2, 0.25) is 0 Å². The molecule has 0 spiro atoms. The van der Waals surface area contributed by atoms with Crippen molar-refractivity contribution in [2.45, 2.75) is 44.7 Å². The Bertz CT molecular complexity index is 268. The van der Waals surface area contributed by atoms with Gasteiger partial charge in [0.15, 0.2) is 0 Å². The van der Waals surface area contributed by atoms with Crippen molar-refractivity contribution in [3.05, 3.63) is 0 Å². The van der Waals surface area contributed by atoms with Crippen LogP contribution >= 0.6 is 0 Å². The SMILES string of the molecule is COC(=O)[C@@H](C)NC(=O)C[C@@H]1CCC[C@H]1N. The second-order valence-electron chi connectivity index (χ2n) is 4.37. The van der Waals surface area contributed by atoms with E-state index in [9.17, 15) is 9.59 Å². The number of amides is 1. The van der Waals surface area contributed by atoms with Gasteiger partial charge in [-0.3, -0.25) is 4.79 Å². The van der Waals surface area contributed by atoms with Crippen LogP contribution in [0, 0.1) is 5.92 Å². The van der Waals surface area contributed by atoms with Crippen LogP contribution < -0.4 is 11.1 Å². The first-order chi connectivity index (χ1) is 7.54. The van der Waals surface area contributed by atoms with Crippen LogP contribution in [0.1, 0.15) is 32.6 Å². The van der Waals surface area contributed by atoms with Gasteiger partial charge in [-0.25, -0.2) is 4.79 Å². The lowest BCUT2D eigenvalue weighted by Crippen LogP contribution is -2.41. The Morgan fingerprint density at radius 1 is 1.50 bits per heavy atom. The van der Waals surface area contributed by atoms with Gasteiger partial charge in [-0.1, -0.05) is 6.42 Å². The van der Waals surface area contributed by atoms with Crippen molar-refractivity contribution in [3.63, 3.8) is 0 Å². The normalized spacial score (nSPS) is 26.2. The summed E-state index contributed by atoms with van der Waals surface area (Å²) >= 11 is 0. The molecule has 0 aromatic carbocycles. The van der Waals surface area contributed by atoms with E-state index >= 15 is 0 Å². The third kappa shape index (κ3) is 3.48. The van der Waals surface area contributed by atoms with Gasteiger partial charge in [-0.2, -0.15) is 0 Å². The van der Waals surface area contributed by atoms with E-state index in [-0.39, 0.29) is 17.9 Å². The molecule has 0 heterocycles. The van der Waals surface area contributed by atoms with Crippen molar-refractivity contribution >= 4 is 11.9 Å². The number of methoxy groups -OCH3 is 1. The predicted octanol–water partition coefficient (Wildman–Crippen LogP) is 0.182. The fourth-order valence-electron chi connectivity index (χ4n) is 2.09. The smallest absolute Gasteiger partial charge is 0.328 e.